The molecule has 0 saturated heterocycles. The number of hydrogen-bond acceptors (Lipinski definition) is 5. The third kappa shape index (κ3) is 6.58. The summed E-state index contributed by atoms with van der Waals surface area (Å²) in [6.45, 7) is 0. The molecule has 1 fully saturated rings. The molecule has 0 aromatic heterocycles. The molecule has 0 aliphatic heterocycles. The number of hydrogen-bond donors (Lipinski definition) is 5. The number of carbonyl (C=O) groups is 2. The van der Waals surface area contributed by atoms with E-state index in [9.17, 15) is 19.8 Å². The van der Waals surface area contributed by atoms with Gasteiger partial charge in [-0.1, -0.05) is 30.3 Å². The molecule has 0 spiro atoms. The van der Waals surface area contributed by atoms with Crippen LogP contribution >= 0.6 is 0 Å². The summed E-state index contributed by atoms with van der Waals surface area (Å²) in [5.74, 6) is -1.61. The third-order valence-electron chi connectivity index (χ3n) is 5.96. The third-order valence-corrected chi connectivity index (χ3v) is 5.96. The first kappa shape index (κ1) is 22.3. The van der Waals surface area contributed by atoms with Crippen molar-refractivity contribution in [3.63, 3.8) is 0 Å². The van der Waals surface area contributed by atoms with Crippen LogP contribution in [0.25, 0.3) is 0 Å². The molecule has 1 aliphatic rings. The zero-order valence-electron chi connectivity index (χ0n) is 16.2. The molecule has 7 nitrogen and oxygen atoms in total. The van der Waals surface area contributed by atoms with Crippen molar-refractivity contribution in [3.8, 4) is 0 Å². The number of carbonyl (C=O) groups excluding carboxylic acids is 2. The minimum atomic E-state index is -1.27. The fourth-order valence-electron chi connectivity index (χ4n) is 4.18. The van der Waals surface area contributed by atoms with E-state index in [0.29, 0.717) is 51.4 Å². The smallest absolute Gasteiger partial charge is 0.249 e. The van der Waals surface area contributed by atoms with Crippen LogP contribution in [0.5, 0.6) is 0 Å². The molecular formula is C21H32N2O5. The van der Waals surface area contributed by atoms with Gasteiger partial charge in [-0.25, -0.2) is 5.48 Å². The number of primary amides is 1. The number of nitrogens with two attached hydrogens (primary N) is 1. The number of aryl methyl sites for hydroxylation is 1. The first-order valence-corrected chi connectivity index (χ1v) is 10.0. The highest BCUT2D eigenvalue weighted by Gasteiger charge is 2.44. The zero-order chi connectivity index (χ0) is 20.6. The minimum absolute atomic E-state index is 0.0850. The lowest BCUT2D eigenvalue weighted by Crippen LogP contribution is -2.49. The predicted octanol–water partition coefficient (Wildman–Crippen LogP) is 1.68. The Bertz CT molecular complexity index is 629. The van der Waals surface area contributed by atoms with Crippen molar-refractivity contribution in [2.45, 2.75) is 69.5 Å². The molecule has 1 aromatic rings. The Morgan fingerprint density at radius 1 is 1.21 bits per heavy atom. The summed E-state index contributed by atoms with van der Waals surface area (Å²) in [6, 6.07) is 9.75. The second-order valence-electron chi connectivity index (χ2n) is 7.99. The van der Waals surface area contributed by atoms with Gasteiger partial charge >= 0.3 is 0 Å². The lowest BCUT2D eigenvalue weighted by molar-refractivity contribution is -0.150. The SMILES string of the molecule is NC(=O)CCC1CCC(O)([C@H](C[C@@H](O)CCc2ccccc2)C(=O)NO)CC1. The highest BCUT2D eigenvalue weighted by molar-refractivity contribution is 5.78. The molecule has 0 unspecified atom stereocenters. The lowest BCUT2D eigenvalue weighted by atomic mass is 9.69. The Morgan fingerprint density at radius 2 is 1.86 bits per heavy atom. The van der Waals surface area contributed by atoms with E-state index in [4.69, 9.17) is 10.9 Å². The second kappa shape index (κ2) is 10.5. The van der Waals surface area contributed by atoms with Crippen molar-refractivity contribution >= 4 is 11.8 Å². The molecule has 0 heterocycles. The van der Waals surface area contributed by atoms with E-state index >= 15 is 0 Å². The Hall–Kier alpha value is -1.96. The van der Waals surface area contributed by atoms with Crippen LogP contribution in [0.3, 0.4) is 0 Å². The van der Waals surface area contributed by atoms with Gasteiger partial charge in [0.15, 0.2) is 0 Å². The van der Waals surface area contributed by atoms with Crippen molar-refractivity contribution in [3.05, 3.63) is 35.9 Å². The van der Waals surface area contributed by atoms with Gasteiger partial charge in [-0.15, -0.1) is 0 Å². The van der Waals surface area contributed by atoms with Gasteiger partial charge in [0.1, 0.15) is 0 Å². The second-order valence-corrected chi connectivity index (χ2v) is 7.99. The first-order valence-electron chi connectivity index (χ1n) is 10.0. The molecular weight excluding hydrogens is 360 g/mol. The molecule has 2 atom stereocenters. The fourth-order valence-corrected chi connectivity index (χ4v) is 4.18. The van der Waals surface area contributed by atoms with Crippen LogP contribution in [-0.2, 0) is 16.0 Å². The van der Waals surface area contributed by atoms with Crippen LogP contribution in [0.4, 0.5) is 0 Å². The van der Waals surface area contributed by atoms with E-state index in [0.717, 1.165) is 5.56 Å². The largest absolute Gasteiger partial charge is 0.393 e. The zero-order valence-corrected chi connectivity index (χ0v) is 16.2. The van der Waals surface area contributed by atoms with Crippen LogP contribution < -0.4 is 11.2 Å². The number of amides is 2. The minimum Gasteiger partial charge on any atom is -0.393 e. The first-order chi connectivity index (χ1) is 13.3. The van der Waals surface area contributed by atoms with E-state index in [2.05, 4.69) is 0 Å². The molecule has 28 heavy (non-hydrogen) atoms. The van der Waals surface area contributed by atoms with Crippen molar-refractivity contribution in [2.24, 2.45) is 17.6 Å². The predicted molar refractivity (Wildman–Crippen MR) is 104 cm³/mol. The Labute approximate surface area is 165 Å². The lowest BCUT2D eigenvalue weighted by Gasteiger charge is -2.41. The number of aliphatic hydroxyl groups excluding tert-OH is 1. The average Bonchev–Trinajstić information content (AvgIpc) is 2.70. The van der Waals surface area contributed by atoms with E-state index < -0.39 is 23.5 Å². The molecule has 6 N–H and O–H groups in total. The summed E-state index contributed by atoms with van der Waals surface area (Å²) in [5, 5.41) is 30.7. The summed E-state index contributed by atoms with van der Waals surface area (Å²) in [4.78, 5) is 23.2. The number of hydroxylamine groups is 1. The van der Waals surface area contributed by atoms with Crippen molar-refractivity contribution in [2.75, 3.05) is 0 Å². The molecule has 2 rings (SSSR count). The van der Waals surface area contributed by atoms with Crippen molar-refractivity contribution in [1.29, 1.82) is 0 Å². The van der Waals surface area contributed by atoms with Gasteiger partial charge in [0.05, 0.1) is 17.6 Å². The molecule has 0 bridgehead atoms. The van der Waals surface area contributed by atoms with Crippen LogP contribution in [-0.4, -0.2) is 38.9 Å². The average molecular weight is 392 g/mol. The fraction of sp³-hybridized carbons (Fsp3) is 0.619. The standard InChI is InChI=1S/C21H32N2O5/c22-19(25)9-7-16-10-12-21(27,13-11-16)18(20(26)23-28)14-17(24)8-6-15-4-2-1-3-5-15/h1-5,16-18,24,27-28H,6-14H2,(H2,22,25)(H,23,26)/t16?,17-,18+,21?/m0/s1. The van der Waals surface area contributed by atoms with Gasteiger partial charge in [-0.3, -0.25) is 14.8 Å². The Morgan fingerprint density at radius 3 is 2.43 bits per heavy atom. The van der Waals surface area contributed by atoms with Crippen molar-refractivity contribution in [1.82, 2.24) is 5.48 Å². The summed E-state index contributed by atoms with van der Waals surface area (Å²) in [5.41, 5.74) is 6.67. The van der Waals surface area contributed by atoms with Crippen LogP contribution in [0.2, 0.25) is 0 Å². The highest BCUT2D eigenvalue weighted by Crippen LogP contribution is 2.40. The topological polar surface area (TPSA) is 133 Å². The van der Waals surface area contributed by atoms with Gasteiger partial charge in [0.2, 0.25) is 11.8 Å². The maximum atomic E-state index is 12.2. The van der Waals surface area contributed by atoms with Gasteiger partial charge in [0, 0.05) is 6.42 Å². The normalized spacial score (nSPS) is 24.3. The molecule has 1 aromatic carbocycles. The number of rotatable bonds is 10. The van der Waals surface area contributed by atoms with Crippen LogP contribution in [0.1, 0.15) is 56.9 Å². The molecule has 7 heteroatoms. The number of benzene rings is 1. The monoisotopic (exact) mass is 392 g/mol. The molecule has 2 amide bonds. The number of nitrogens with one attached hydrogen (secondary N) is 1. The van der Waals surface area contributed by atoms with E-state index in [1.165, 1.54) is 0 Å². The van der Waals surface area contributed by atoms with Gasteiger partial charge in [0.25, 0.3) is 0 Å². The molecule has 1 saturated carbocycles. The molecule has 0 radical (unpaired) electrons. The molecule has 1 aliphatic carbocycles. The van der Waals surface area contributed by atoms with E-state index in [-0.39, 0.29) is 18.2 Å². The summed E-state index contributed by atoms with van der Waals surface area (Å²) in [6.07, 6.45) is 3.60. The maximum Gasteiger partial charge on any atom is 0.249 e. The van der Waals surface area contributed by atoms with Gasteiger partial charge in [-0.2, -0.15) is 0 Å². The summed E-state index contributed by atoms with van der Waals surface area (Å²) < 4.78 is 0. The highest BCUT2D eigenvalue weighted by atomic mass is 16.5. The van der Waals surface area contributed by atoms with E-state index in [1.807, 2.05) is 30.3 Å². The van der Waals surface area contributed by atoms with Crippen molar-refractivity contribution < 1.29 is 25.0 Å². The summed E-state index contributed by atoms with van der Waals surface area (Å²) in [7, 11) is 0. The van der Waals surface area contributed by atoms with Crippen LogP contribution in [0, 0.1) is 11.8 Å². The van der Waals surface area contributed by atoms with Gasteiger partial charge in [-0.05, 0) is 62.8 Å². The Balaban J connectivity index is 1.93. The van der Waals surface area contributed by atoms with E-state index in [1.54, 1.807) is 5.48 Å². The molecule has 156 valence electrons. The van der Waals surface area contributed by atoms with Gasteiger partial charge < -0.3 is 15.9 Å². The Kier molecular flexibility index (Phi) is 8.41. The quantitative estimate of drug-likeness (QED) is 0.305. The summed E-state index contributed by atoms with van der Waals surface area (Å²) >= 11 is 0. The maximum absolute atomic E-state index is 12.2. The van der Waals surface area contributed by atoms with Crippen LogP contribution in [0.15, 0.2) is 30.3 Å². The number of aliphatic hydroxyl groups is 2.